The number of hydrogen-bond acceptors (Lipinski definition) is 2. The summed E-state index contributed by atoms with van der Waals surface area (Å²) in [4.78, 5) is 11.3. The van der Waals surface area contributed by atoms with Crippen molar-refractivity contribution in [3.8, 4) is 5.75 Å². The molecule has 0 aliphatic rings. The average molecular weight is 264 g/mol. The molecule has 0 spiro atoms. The third kappa shape index (κ3) is 3.72. The van der Waals surface area contributed by atoms with Gasteiger partial charge in [0.1, 0.15) is 5.75 Å². The van der Waals surface area contributed by atoms with Crippen LogP contribution in [0, 0.1) is 6.92 Å². The summed E-state index contributed by atoms with van der Waals surface area (Å²) < 4.78 is 0. The fourth-order valence-electron chi connectivity index (χ4n) is 2.32. The number of aromatic carboxylic acids is 1. The van der Waals surface area contributed by atoms with Crippen LogP contribution in [-0.4, -0.2) is 16.2 Å². The van der Waals surface area contributed by atoms with E-state index in [1.54, 1.807) is 13.0 Å². The van der Waals surface area contributed by atoms with E-state index in [0.29, 0.717) is 16.9 Å². The van der Waals surface area contributed by atoms with Gasteiger partial charge in [-0.1, -0.05) is 26.7 Å². The van der Waals surface area contributed by atoms with Crippen molar-refractivity contribution in [1.29, 1.82) is 0 Å². The molecule has 0 saturated heterocycles. The van der Waals surface area contributed by atoms with Crippen LogP contribution in [0.3, 0.4) is 0 Å². The van der Waals surface area contributed by atoms with Crippen LogP contribution in [0.4, 0.5) is 0 Å². The molecule has 0 aliphatic heterocycles. The van der Waals surface area contributed by atoms with Gasteiger partial charge in [-0.15, -0.1) is 0 Å². The molecule has 1 rings (SSSR count). The Morgan fingerprint density at radius 1 is 1.16 bits per heavy atom. The van der Waals surface area contributed by atoms with Crippen LogP contribution in [-0.2, 0) is 12.8 Å². The molecule has 0 saturated carbocycles. The first-order valence-corrected chi connectivity index (χ1v) is 7.10. The van der Waals surface area contributed by atoms with Gasteiger partial charge in [0.05, 0.1) is 5.56 Å². The summed E-state index contributed by atoms with van der Waals surface area (Å²) in [5, 5.41) is 19.6. The number of aromatic hydroxyl groups is 1. The van der Waals surface area contributed by atoms with Crippen LogP contribution in [0.1, 0.15) is 66.6 Å². The fourth-order valence-corrected chi connectivity index (χ4v) is 2.32. The lowest BCUT2D eigenvalue weighted by Gasteiger charge is -2.15. The number of aryl methyl sites for hydroxylation is 1. The van der Waals surface area contributed by atoms with E-state index in [1.807, 2.05) is 0 Å². The number of carboxylic acids is 1. The zero-order valence-corrected chi connectivity index (χ0v) is 12.1. The molecular formula is C16H24O3. The van der Waals surface area contributed by atoms with Crippen molar-refractivity contribution in [2.75, 3.05) is 0 Å². The minimum Gasteiger partial charge on any atom is -0.507 e. The van der Waals surface area contributed by atoms with Gasteiger partial charge in [0.25, 0.3) is 0 Å². The molecule has 0 aliphatic carbocycles. The summed E-state index contributed by atoms with van der Waals surface area (Å²) in [6, 6.07) is 1.64. The molecule has 0 fully saturated rings. The Labute approximate surface area is 115 Å². The molecule has 0 unspecified atom stereocenters. The highest BCUT2D eigenvalue weighted by molar-refractivity contribution is 5.90. The molecule has 0 atom stereocenters. The molecular weight excluding hydrogens is 240 g/mol. The Morgan fingerprint density at radius 3 is 2.26 bits per heavy atom. The van der Waals surface area contributed by atoms with Gasteiger partial charge in [-0.3, -0.25) is 0 Å². The van der Waals surface area contributed by atoms with Crippen molar-refractivity contribution in [3.05, 3.63) is 28.3 Å². The van der Waals surface area contributed by atoms with Crippen LogP contribution in [0.25, 0.3) is 0 Å². The predicted molar refractivity (Wildman–Crippen MR) is 77.0 cm³/mol. The summed E-state index contributed by atoms with van der Waals surface area (Å²) >= 11 is 0. The molecule has 2 N–H and O–H groups in total. The first-order chi connectivity index (χ1) is 9.02. The van der Waals surface area contributed by atoms with E-state index >= 15 is 0 Å². The third-order valence-corrected chi connectivity index (χ3v) is 3.58. The molecule has 106 valence electrons. The molecule has 1 aromatic rings. The number of phenolic OH excluding ortho intramolecular Hbond substituents is 1. The third-order valence-electron chi connectivity index (χ3n) is 3.58. The van der Waals surface area contributed by atoms with Crippen LogP contribution < -0.4 is 0 Å². The minimum absolute atomic E-state index is 0.310. The van der Waals surface area contributed by atoms with Gasteiger partial charge in [0.2, 0.25) is 0 Å². The number of carbonyl (C=O) groups is 1. The lowest BCUT2D eigenvalue weighted by atomic mass is 9.92. The van der Waals surface area contributed by atoms with Crippen molar-refractivity contribution >= 4 is 5.97 Å². The second-order valence-corrected chi connectivity index (χ2v) is 5.05. The maximum absolute atomic E-state index is 11.3. The van der Waals surface area contributed by atoms with Gasteiger partial charge in [-0.2, -0.15) is 0 Å². The van der Waals surface area contributed by atoms with Crippen molar-refractivity contribution in [1.82, 2.24) is 0 Å². The van der Waals surface area contributed by atoms with Gasteiger partial charge in [-0.25, -0.2) is 4.79 Å². The molecule has 0 amide bonds. The van der Waals surface area contributed by atoms with E-state index in [9.17, 15) is 15.0 Å². The summed E-state index contributed by atoms with van der Waals surface area (Å²) in [5.41, 5.74) is 2.62. The second kappa shape index (κ2) is 7.17. The largest absolute Gasteiger partial charge is 0.507 e. The van der Waals surface area contributed by atoms with E-state index in [4.69, 9.17) is 0 Å². The Hall–Kier alpha value is -1.51. The predicted octanol–water partition coefficient (Wildman–Crippen LogP) is 4.08. The monoisotopic (exact) mass is 264 g/mol. The first kappa shape index (κ1) is 15.5. The van der Waals surface area contributed by atoms with Gasteiger partial charge < -0.3 is 10.2 Å². The number of hydrogen-bond donors (Lipinski definition) is 2. The summed E-state index contributed by atoms with van der Waals surface area (Å²) in [5.74, 6) is -0.600. The smallest absolute Gasteiger partial charge is 0.335 e. The molecule has 19 heavy (non-hydrogen) atoms. The standard InChI is InChI=1S/C16H24O3/c1-4-6-8-12-10-14(16(18)19)11(3)13(15(12)17)9-7-5-2/h10,17H,4-9H2,1-3H3,(H,18,19). The molecule has 1 aromatic carbocycles. The highest BCUT2D eigenvalue weighted by atomic mass is 16.4. The minimum atomic E-state index is -0.909. The highest BCUT2D eigenvalue weighted by Gasteiger charge is 2.17. The average Bonchev–Trinajstić information content (AvgIpc) is 2.37. The Balaban J connectivity index is 3.25. The van der Waals surface area contributed by atoms with Crippen molar-refractivity contribution in [2.45, 2.75) is 59.3 Å². The quantitative estimate of drug-likeness (QED) is 0.780. The zero-order chi connectivity index (χ0) is 14.4. The van der Waals surface area contributed by atoms with E-state index in [2.05, 4.69) is 13.8 Å². The maximum Gasteiger partial charge on any atom is 0.335 e. The lowest BCUT2D eigenvalue weighted by Crippen LogP contribution is -2.06. The first-order valence-electron chi connectivity index (χ1n) is 7.10. The van der Waals surface area contributed by atoms with Crippen molar-refractivity contribution in [2.24, 2.45) is 0 Å². The van der Waals surface area contributed by atoms with Gasteiger partial charge in [0, 0.05) is 0 Å². The van der Waals surface area contributed by atoms with Crippen LogP contribution in [0.5, 0.6) is 5.75 Å². The van der Waals surface area contributed by atoms with E-state index in [1.165, 1.54) is 0 Å². The SMILES string of the molecule is CCCCc1cc(C(=O)O)c(C)c(CCCC)c1O. The van der Waals surface area contributed by atoms with Crippen LogP contribution >= 0.6 is 0 Å². The molecule has 3 heteroatoms. The number of unbranched alkanes of at least 4 members (excludes halogenated alkanes) is 2. The maximum atomic E-state index is 11.3. The van der Waals surface area contributed by atoms with Gasteiger partial charge >= 0.3 is 5.97 Å². The normalized spacial score (nSPS) is 10.7. The second-order valence-electron chi connectivity index (χ2n) is 5.05. The van der Waals surface area contributed by atoms with E-state index in [0.717, 1.165) is 49.7 Å². The fraction of sp³-hybridized carbons (Fsp3) is 0.562. The topological polar surface area (TPSA) is 57.5 Å². The van der Waals surface area contributed by atoms with Gasteiger partial charge in [0.15, 0.2) is 0 Å². The number of rotatable bonds is 7. The molecule has 3 nitrogen and oxygen atoms in total. The van der Waals surface area contributed by atoms with Crippen molar-refractivity contribution in [3.63, 3.8) is 0 Å². The molecule has 0 heterocycles. The molecule has 0 bridgehead atoms. The van der Waals surface area contributed by atoms with E-state index in [-0.39, 0.29) is 0 Å². The summed E-state index contributed by atoms with van der Waals surface area (Å²) in [6.07, 6.45) is 5.46. The number of carboxylic acid groups (broad SMARTS) is 1. The number of phenols is 1. The Morgan fingerprint density at radius 2 is 1.74 bits per heavy atom. The molecule has 0 radical (unpaired) electrons. The lowest BCUT2D eigenvalue weighted by molar-refractivity contribution is 0.0696. The van der Waals surface area contributed by atoms with Crippen molar-refractivity contribution < 1.29 is 15.0 Å². The zero-order valence-electron chi connectivity index (χ0n) is 12.1. The Bertz CT molecular complexity index is 450. The van der Waals surface area contributed by atoms with Crippen LogP contribution in [0.15, 0.2) is 6.07 Å². The Kier molecular flexibility index (Phi) is 5.87. The number of benzene rings is 1. The molecule has 0 aromatic heterocycles. The van der Waals surface area contributed by atoms with Crippen LogP contribution in [0.2, 0.25) is 0 Å². The summed E-state index contributed by atoms with van der Waals surface area (Å²) in [7, 11) is 0. The van der Waals surface area contributed by atoms with E-state index < -0.39 is 5.97 Å². The highest BCUT2D eigenvalue weighted by Crippen LogP contribution is 2.31. The van der Waals surface area contributed by atoms with Gasteiger partial charge in [-0.05, 0) is 55.4 Å². The summed E-state index contributed by atoms with van der Waals surface area (Å²) in [6.45, 7) is 5.96.